The lowest BCUT2D eigenvalue weighted by Crippen LogP contribution is -2.29. The number of likely N-dealkylation sites (N-methyl/N-ethyl adjacent to an activating group) is 1. The zero-order valence-electron chi connectivity index (χ0n) is 13.7. The number of fused-ring (bicyclic) bond motifs is 3. The van der Waals surface area contributed by atoms with E-state index >= 15 is 0 Å². The van der Waals surface area contributed by atoms with E-state index in [9.17, 15) is 4.79 Å². The van der Waals surface area contributed by atoms with Crippen LogP contribution in [-0.4, -0.2) is 37.5 Å². The molecule has 2 heterocycles. The molecule has 1 saturated heterocycles. The Morgan fingerprint density at radius 3 is 2.57 bits per heavy atom. The second kappa shape index (κ2) is 5.50. The third kappa shape index (κ3) is 2.55. The molecule has 23 heavy (non-hydrogen) atoms. The van der Waals surface area contributed by atoms with Gasteiger partial charge < -0.3 is 10.2 Å². The molecule has 118 valence electrons. The van der Waals surface area contributed by atoms with E-state index in [0.717, 1.165) is 36.3 Å². The maximum Gasteiger partial charge on any atom is 0.251 e. The van der Waals surface area contributed by atoms with Crippen molar-refractivity contribution < 1.29 is 4.79 Å². The highest BCUT2D eigenvalue weighted by molar-refractivity contribution is 5.97. The van der Waals surface area contributed by atoms with Crippen molar-refractivity contribution in [2.45, 2.75) is 12.8 Å². The number of carbonyl (C=O) groups is 1. The summed E-state index contributed by atoms with van der Waals surface area (Å²) in [6.07, 6.45) is 0. The van der Waals surface area contributed by atoms with E-state index in [1.165, 1.54) is 11.1 Å². The summed E-state index contributed by atoms with van der Waals surface area (Å²) in [5.74, 6) is 1.06. The van der Waals surface area contributed by atoms with E-state index in [2.05, 4.69) is 66.7 Å². The first-order valence-corrected chi connectivity index (χ1v) is 8.29. The fourth-order valence-corrected chi connectivity index (χ4v) is 3.97. The zero-order valence-corrected chi connectivity index (χ0v) is 13.7. The van der Waals surface area contributed by atoms with Crippen molar-refractivity contribution in [2.75, 3.05) is 26.7 Å². The van der Waals surface area contributed by atoms with E-state index in [0.29, 0.717) is 11.8 Å². The number of nitrogens with one attached hydrogen (secondary N) is 1. The van der Waals surface area contributed by atoms with Gasteiger partial charge in [0.1, 0.15) is 0 Å². The Balaban J connectivity index is 1.78. The van der Waals surface area contributed by atoms with Gasteiger partial charge in [0.15, 0.2) is 0 Å². The summed E-state index contributed by atoms with van der Waals surface area (Å²) in [6, 6.07) is 14.9. The second-order valence-electron chi connectivity index (χ2n) is 6.97. The SMILES string of the molecule is Cc1ccc(-c2ccc3c(c2)C(=O)NC[C@@H]2CN(C)C[C@@H]32)cc1. The minimum absolute atomic E-state index is 0.0750. The Bertz CT molecular complexity index is 751. The van der Waals surface area contributed by atoms with Crippen LogP contribution in [0.3, 0.4) is 0 Å². The van der Waals surface area contributed by atoms with E-state index in [1.54, 1.807) is 0 Å². The van der Waals surface area contributed by atoms with E-state index in [4.69, 9.17) is 0 Å². The summed E-state index contributed by atoms with van der Waals surface area (Å²) in [7, 11) is 2.16. The number of hydrogen-bond donors (Lipinski definition) is 1. The Morgan fingerprint density at radius 1 is 1.04 bits per heavy atom. The topological polar surface area (TPSA) is 32.3 Å². The fraction of sp³-hybridized carbons (Fsp3) is 0.350. The highest BCUT2D eigenvalue weighted by Crippen LogP contribution is 2.37. The van der Waals surface area contributed by atoms with Gasteiger partial charge in [-0.05, 0) is 42.6 Å². The molecule has 2 aromatic rings. The number of amides is 1. The Kier molecular flexibility index (Phi) is 3.46. The monoisotopic (exact) mass is 306 g/mol. The second-order valence-corrected chi connectivity index (χ2v) is 6.97. The molecule has 2 atom stereocenters. The van der Waals surface area contributed by atoms with Crippen LogP contribution in [0.5, 0.6) is 0 Å². The summed E-state index contributed by atoms with van der Waals surface area (Å²) in [5, 5.41) is 3.11. The number of rotatable bonds is 1. The molecule has 1 amide bonds. The van der Waals surface area contributed by atoms with Gasteiger partial charge in [-0.2, -0.15) is 0 Å². The minimum atomic E-state index is 0.0750. The molecule has 0 radical (unpaired) electrons. The van der Waals surface area contributed by atoms with Crippen LogP contribution in [0.2, 0.25) is 0 Å². The van der Waals surface area contributed by atoms with Crippen molar-refractivity contribution in [3.05, 3.63) is 59.2 Å². The maximum absolute atomic E-state index is 12.5. The van der Waals surface area contributed by atoms with Gasteiger partial charge in [0.25, 0.3) is 5.91 Å². The summed E-state index contributed by atoms with van der Waals surface area (Å²) < 4.78 is 0. The van der Waals surface area contributed by atoms with Gasteiger partial charge in [-0.25, -0.2) is 0 Å². The average Bonchev–Trinajstić information content (AvgIpc) is 2.88. The first kappa shape index (κ1) is 14.5. The molecule has 3 nitrogen and oxygen atoms in total. The normalized spacial score (nSPS) is 23.8. The molecule has 0 unspecified atom stereocenters. The van der Waals surface area contributed by atoms with Crippen LogP contribution in [0, 0.1) is 12.8 Å². The van der Waals surface area contributed by atoms with Gasteiger partial charge >= 0.3 is 0 Å². The smallest absolute Gasteiger partial charge is 0.251 e. The lowest BCUT2D eigenvalue weighted by atomic mass is 9.86. The molecule has 0 aromatic heterocycles. The molecule has 4 rings (SSSR count). The summed E-state index contributed by atoms with van der Waals surface area (Å²) in [5.41, 5.74) is 5.59. The number of hydrogen-bond acceptors (Lipinski definition) is 2. The highest BCUT2D eigenvalue weighted by atomic mass is 16.1. The van der Waals surface area contributed by atoms with Gasteiger partial charge in [-0.15, -0.1) is 0 Å². The molecule has 1 N–H and O–H groups in total. The standard InChI is InChI=1S/C20H22N2O/c1-13-3-5-14(6-4-13)15-7-8-17-18(9-15)20(23)21-10-16-11-22(2)12-19(16)17/h3-9,16,19H,10-12H2,1-2H3,(H,21,23)/t16-,19-/m1/s1. The van der Waals surface area contributed by atoms with Crippen molar-refractivity contribution >= 4 is 5.91 Å². The largest absolute Gasteiger partial charge is 0.352 e. The van der Waals surface area contributed by atoms with E-state index in [-0.39, 0.29) is 5.91 Å². The van der Waals surface area contributed by atoms with Crippen LogP contribution in [-0.2, 0) is 0 Å². The Hall–Kier alpha value is -2.13. The highest BCUT2D eigenvalue weighted by Gasteiger charge is 2.36. The van der Waals surface area contributed by atoms with Gasteiger partial charge in [0.2, 0.25) is 0 Å². The number of benzene rings is 2. The van der Waals surface area contributed by atoms with Crippen LogP contribution in [0.15, 0.2) is 42.5 Å². The van der Waals surface area contributed by atoms with Crippen LogP contribution in [0.1, 0.15) is 27.4 Å². The number of nitrogens with zero attached hydrogens (tertiary/aromatic N) is 1. The maximum atomic E-state index is 12.5. The van der Waals surface area contributed by atoms with Crippen molar-refractivity contribution in [3.8, 4) is 11.1 Å². The molecule has 2 aromatic carbocycles. The molecule has 1 fully saturated rings. The number of carbonyl (C=O) groups excluding carboxylic acids is 1. The summed E-state index contributed by atoms with van der Waals surface area (Å²) >= 11 is 0. The van der Waals surface area contributed by atoms with Gasteiger partial charge in [-0.3, -0.25) is 4.79 Å². The molecular formula is C20H22N2O. The van der Waals surface area contributed by atoms with E-state index < -0.39 is 0 Å². The molecule has 0 spiro atoms. The van der Waals surface area contributed by atoms with E-state index in [1.807, 2.05) is 0 Å². The Labute approximate surface area is 137 Å². The molecule has 2 aliphatic heterocycles. The van der Waals surface area contributed by atoms with Gasteiger partial charge in [0.05, 0.1) is 0 Å². The van der Waals surface area contributed by atoms with Crippen molar-refractivity contribution in [1.82, 2.24) is 10.2 Å². The third-order valence-corrected chi connectivity index (χ3v) is 5.23. The first-order chi connectivity index (χ1) is 11.1. The minimum Gasteiger partial charge on any atom is -0.352 e. The lowest BCUT2D eigenvalue weighted by Gasteiger charge is -2.17. The summed E-state index contributed by atoms with van der Waals surface area (Å²) in [4.78, 5) is 14.9. The van der Waals surface area contributed by atoms with Crippen LogP contribution < -0.4 is 5.32 Å². The molecule has 0 bridgehead atoms. The van der Waals surface area contributed by atoms with Crippen LogP contribution >= 0.6 is 0 Å². The molecule has 0 saturated carbocycles. The van der Waals surface area contributed by atoms with Crippen molar-refractivity contribution in [1.29, 1.82) is 0 Å². The van der Waals surface area contributed by atoms with Crippen molar-refractivity contribution in [2.24, 2.45) is 5.92 Å². The first-order valence-electron chi connectivity index (χ1n) is 8.29. The average molecular weight is 306 g/mol. The predicted octanol–water partition coefficient (Wildman–Crippen LogP) is 3.05. The zero-order chi connectivity index (χ0) is 16.0. The molecule has 3 heteroatoms. The molecular weight excluding hydrogens is 284 g/mol. The van der Waals surface area contributed by atoms with Crippen molar-refractivity contribution in [3.63, 3.8) is 0 Å². The van der Waals surface area contributed by atoms with Gasteiger partial charge in [-0.1, -0.05) is 42.0 Å². The third-order valence-electron chi connectivity index (χ3n) is 5.23. The summed E-state index contributed by atoms with van der Waals surface area (Å²) in [6.45, 7) is 4.97. The molecule has 2 aliphatic rings. The number of aryl methyl sites for hydroxylation is 1. The Morgan fingerprint density at radius 2 is 1.78 bits per heavy atom. The number of likely N-dealkylation sites (tertiary alicyclic amines) is 1. The fourth-order valence-electron chi connectivity index (χ4n) is 3.97. The lowest BCUT2D eigenvalue weighted by molar-refractivity contribution is 0.0951. The van der Waals surface area contributed by atoms with Gasteiger partial charge in [0, 0.05) is 31.1 Å². The van der Waals surface area contributed by atoms with Crippen LogP contribution in [0.4, 0.5) is 0 Å². The molecule has 0 aliphatic carbocycles. The predicted molar refractivity (Wildman–Crippen MR) is 92.7 cm³/mol. The quantitative estimate of drug-likeness (QED) is 0.878. The van der Waals surface area contributed by atoms with Crippen LogP contribution in [0.25, 0.3) is 11.1 Å².